The van der Waals surface area contributed by atoms with Crippen molar-refractivity contribution >= 4 is 39.7 Å². The summed E-state index contributed by atoms with van der Waals surface area (Å²) < 4.78 is 27.1. The van der Waals surface area contributed by atoms with Gasteiger partial charge in [0.25, 0.3) is 0 Å². The molecule has 0 radical (unpaired) electrons. The van der Waals surface area contributed by atoms with Crippen LogP contribution in [0.25, 0.3) is 0 Å². The highest BCUT2D eigenvalue weighted by atomic mass is 35.5. The van der Waals surface area contributed by atoms with Crippen molar-refractivity contribution in [2.75, 3.05) is 26.2 Å². The lowest BCUT2D eigenvalue weighted by Gasteiger charge is -2.37. The van der Waals surface area contributed by atoms with E-state index in [9.17, 15) is 13.2 Å². The number of thiophene rings is 1. The Labute approximate surface area is 160 Å². The van der Waals surface area contributed by atoms with Crippen LogP contribution >= 0.6 is 23.7 Å². The molecule has 25 heavy (non-hydrogen) atoms. The van der Waals surface area contributed by atoms with Crippen LogP contribution in [0.15, 0.2) is 11.0 Å². The second-order valence-electron chi connectivity index (χ2n) is 6.64. The van der Waals surface area contributed by atoms with Crippen LogP contribution in [-0.4, -0.2) is 55.2 Å². The Bertz CT molecular complexity index is 708. The zero-order valence-corrected chi connectivity index (χ0v) is 17.7. The van der Waals surface area contributed by atoms with E-state index >= 15 is 0 Å². The van der Waals surface area contributed by atoms with E-state index in [2.05, 4.69) is 0 Å². The van der Waals surface area contributed by atoms with Crippen LogP contribution in [0, 0.1) is 13.8 Å². The van der Waals surface area contributed by atoms with E-state index in [0.29, 0.717) is 37.5 Å². The zero-order chi connectivity index (χ0) is 18.1. The van der Waals surface area contributed by atoms with Crippen molar-refractivity contribution < 1.29 is 13.2 Å². The molecule has 2 heterocycles. The minimum absolute atomic E-state index is 0. The number of hydrogen-bond donors (Lipinski definition) is 1. The Morgan fingerprint density at radius 1 is 1.28 bits per heavy atom. The molecule has 1 aliphatic heterocycles. The third-order valence-electron chi connectivity index (χ3n) is 4.40. The average molecular weight is 410 g/mol. The molecule has 1 saturated heterocycles. The van der Waals surface area contributed by atoms with E-state index in [1.165, 1.54) is 15.6 Å². The first-order chi connectivity index (χ1) is 11.1. The summed E-state index contributed by atoms with van der Waals surface area (Å²) in [7, 11) is -3.49. The normalized spacial score (nSPS) is 18.5. The van der Waals surface area contributed by atoms with Crippen molar-refractivity contribution in [1.82, 2.24) is 9.21 Å². The molecule has 0 spiro atoms. The lowest BCUT2D eigenvalue weighted by molar-refractivity contribution is -0.137. The molecule has 0 aliphatic carbocycles. The Morgan fingerprint density at radius 3 is 2.28 bits per heavy atom. The molecular formula is C16H28ClN3O3S2. The van der Waals surface area contributed by atoms with Gasteiger partial charge in [0.1, 0.15) is 0 Å². The van der Waals surface area contributed by atoms with E-state index in [4.69, 9.17) is 5.73 Å². The van der Waals surface area contributed by atoms with Gasteiger partial charge in [-0.3, -0.25) is 4.79 Å². The summed E-state index contributed by atoms with van der Waals surface area (Å²) in [6.45, 7) is 8.87. The van der Waals surface area contributed by atoms with Gasteiger partial charge in [-0.15, -0.1) is 23.7 Å². The van der Waals surface area contributed by atoms with Crippen molar-refractivity contribution in [2.24, 2.45) is 5.73 Å². The number of amides is 1. The Balaban J connectivity index is 0.00000312. The van der Waals surface area contributed by atoms with Gasteiger partial charge in [-0.1, -0.05) is 13.3 Å². The molecule has 1 aromatic heterocycles. The van der Waals surface area contributed by atoms with E-state index < -0.39 is 15.6 Å². The van der Waals surface area contributed by atoms with Crippen LogP contribution in [-0.2, 0) is 14.8 Å². The van der Waals surface area contributed by atoms with Crippen molar-refractivity contribution in [2.45, 2.75) is 51.0 Å². The van der Waals surface area contributed by atoms with Crippen molar-refractivity contribution in [3.63, 3.8) is 0 Å². The minimum Gasteiger partial charge on any atom is -0.338 e. The molecular weight excluding hydrogens is 382 g/mol. The molecule has 144 valence electrons. The Morgan fingerprint density at radius 2 is 1.84 bits per heavy atom. The maximum absolute atomic E-state index is 12.8. The maximum Gasteiger partial charge on any atom is 0.244 e. The number of carbonyl (C=O) groups is 1. The first-order valence-corrected chi connectivity index (χ1v) is 10.5. The standard InChI is InChI=1S/C16H27N3O3S2.ClH/c1-5-6-16(4,17)15(20)18-7-9-19(10-8-18)24(21,22)14-11-12(2)23-13(14)3;/h11H,5-10,17H2,1-4H3;1H. The van der Waals surface area contributed by atoms with Crippen LogP contribution in [0.2, 0.25) is 0 Å². The number of sulfonamides is 1. The van der Waals surface area contributed by atoms with Gasteiger partial charge in [0.2, 0.25) is 15.9 Å². The van der Waals surface area contributed by atoms with Gasteiger partial charge in [0.05, 0.1) is 10.4 Å². The molecule has 1 fully saturated rings. The summed E-state index contributed by atoms with van der Waals surface area (Å²) in [5.41, 5.74) is 5.24. The summed E-state index contributed by atoms with van der Waals surface area (Å²) in [4.78, 5) is 16.4. The summed E-state index contributed by atoms with van der Waals surface area (Å²) >= 11 is 1.49. The molecule has 9 heteroatoms. The Hall–Kier alpha value is -0.670. The number of carbonyl (C=O) groups excluding carboxylic acids is 1. The highest BCUT2D eigenvalue weighted by Gasteiger charge is 2.36. The highest BCUT2D eigenvalue weighted by molar-refractivity contribution is 7.89. The fraction of sp³-hybridized carbons (Fsp3) is 0.688. The predicted octanol–water partition coefficient (Wildman–Crippen LogP) is 2.14. The number of hydrogen-bond acceptors (Lipinski definition) is 5. The third-order valence-corrected chi connectivity index (χ3v) is 7.52. The quantitative estimate of drug-likeness (QED) is 0.807. The van der Waals surface area contributed by atoms with Gasteiger partial charge in [-0.05, 0) is 33.3 Å². The van der Waals surface area contributed by atoms with Crippen LogP contribution in [0.5, 0.6) is 0 Å². The highest BCUT2D eigenvalue weighted by Crippen LogP contribution is 2.28. The number of nitrogens with zero attached hydrogens (tertiary/aromatic N) is 2. The number of nitrogens with two attached hydrogens (primary N) is 1. The fourth-order valence-corrected chi connectivity index (χ4v) is 6.07. The van der Waals surface area contributed by atoms with E-state index in [1.54, 1.807) is 17.9 Å². The molecule has 1 aliphatic rings. The fourth-order valence-electron chi connectivity index (χ4n) is 3.12. The van der Waals surface area contributed by atoms with Gasteiger partial charge in [0.15, 0.2) is 0 Å². The topological polar surface area (TPSA) is 83.7 Å². The van der Waals surface area contributed by atoms with Gasteiger partial charge >= 0.3 is 0 Å². The van der Waals surface area contributed by atoms with Gasteiger partial charge in [-0.25, -0.2) is 8.42 Å². The summed E-state index contributed by atoms with van der Waals surface area (Å²) in [5, 5.41) is 0. The van der Waals surface area contributed by atoms with Crippen molar-refractivity contribution in [1.29, 1.82) is 0 Å². The van der Waals surface area contributed by atoms with E-state index in [1.807, 2.05) is 20.8 Å². The summed E-state index contributed by atoms with van der Waals surface area (Å²) in [5.74, 6) is -0.0936. The van der Waals surface area contributed by atoms with Crippen molar-refractivity contribution in [3.8, 4) is 0 Å². The lowest BCUT2D eigenvalue weighted by Crippen LogP contribution is -2.58. The number of piperazine rings is 1. The molecule has 6 nitrogen and oxygen atoms in total. The van der Waals surface area contributed by atoms with Crippen molar-refractivity contribution in [3.05, 3.63) is 15.8 Å². The van der Waals surface area contributed by atoms with Crippen LogP contribution in [0.4, 0.5) is 0 Å². The van der Waals surface area contributed by atoms with E-state index in [0.717, 1.165) is 16.2 Å². The molecule has 2 N–H and O–H groups in total. The molecule has 1 amide bonds. The summed E-state index contributed by atoms with van der Waals surface area (Å²) in [6, 6.07) is 1.73. The largest absolute Gasteiger partial charge is 0.338 e. The van der Waals surface area contributed by atoms with Crippen LogP contribution < -0.4 is 5.73 Å². The number of halogens is 1. The molecule has 1 atom stereocenters. The van der Waals surface area contributed by atoms with Gasteiger partial charge in [0, 0.05) is 35.9 Å². The van der Waals surface area contributed by atoms with Gasteiger partial charge in [-0.2, -0.15) is 4.31 Å². The maximum atomic E-state index is 12.8. The average Bonchev–Trinajstić information content (AvgIpc) is 2.86. The van der Waals surface area contributed by atoms with Crippen LogP contribution in [0.1, 0.15) is 36.4 Å². The van der Waals surface area contributed by atoms with Gasteiger partial charge < -0.3 is 10.6 Å². The minimum atomic E-state index is -3.49. The number of aryl methyl sites for hydroxylation is 2. The first-order valence-electron chi connectivity index (χ1n) is 8.25. The molecule has 0 aromatic carbocycles. The smallest absolute Gasteiger partial charge is 0.244 e. The molecule has 0 saturated carbocycles. The molecule has 0 bridgehead atoms. The summed E-state index contributed by atoms with van der Waals surface area (Å²) in [6.07, 6.45) is 1.46. The number of rotatable bonds is 5. The first kappa shape index (κ1) is 22.4. The molecule has 1 unspecified atom stereocenters. The lowest BCUT2D eigenvalue weighted by atomic mass is 9.95. The molecule has 2 rings (SSSR count). The molecule has 1 aromatic rings. The van der Waals surface area contributed by atoms with E-state index in [-0.39, 0.29) is 18.3 Å². The van der Waals surface area contributed by atoms with Crippen LogP contribution in [0.3, 0.4) is 0 Å². The SMILES string of the molecule is CCCC(C)(N)C(=O)N1CCN(S(=O)(=O)c2cc(C)sc2C)CC1.Cl. The monoisotopic (exact) mass is 409 g/mol. The Kier molecular flexibility index (Phi) is 7.47. The second-order valence-corrected chi connectivity index (χ2v) is 10.0. The second kappa shape index (κ2) is 8.35. The third kappa shape index (κ3) is 4.74. The zero-order valence-electron chi connectivity index (χ0n) is 15.2. The predicted molar refractivity (Wildman–Crippen MR) is 104 cm³/mol.